The lowest BCUT2D eigenvalue weighted by Crippen LogP contribution is -2.24. The number of rotatable bonds is 4. The lowest BCUT2D eigenvalue weighted by Gasteiger charge is -2.11. The van der Waals surface area contributed by atoms with Crippen LogP contribution in [0.2, 0.25) is 10.0 Å². The Labute approximate surface area is 200 Å². The molecule has 2 heterocycles. The van der Waals surface area contributed by atoms with Crippen molar-refractivity contribution in [1.82, 2.24) is 19.9 Å². The average molecular weight is 476 g/mol. The first-order valence-electron chi connectivity index (χ1n) is 10.3. The van der Waals surface area contributed by atoms with Gasteiger partial charge in [-0.3, -0.25) is 9.36 Å². The van der Waals surface area contributed by atoms with Gasteiger partial charge in [0.2, 0.25) is 0 Å². The summed E-state index contributed by atoms with van der Waals surface area (Å²) in [6.07, 6.45) is 0. The van der Waals surface area contributed by atoms with Crippen LogP contribution in [0.5, 0.6) is 0 Å². The van der Waals surface area contributed by atoms with Crippen LogP contribution >= 0.6 is 23.2 Å². The Hall–Kier alpha value is -3.61. The summed E-state index contributed by atoms with van der Waals surface area (Å²) >= 11 is 12.2. The Morgan fingerprint density at radius 2 is 1.64 bits per heavy atom. The van der Waals surface area contributed by atoms with E-state index < -0.39 is 0 Å². The highest BCUT2D eigenvalue weighted by atomic mass is 35.5. The van der Waals surface area contributed by atoms with E-state index in [2.05, 4.69) is 5.32 Å². The number of aromatic nitrogens is 3. The van der Waals surface area contributed by atoms with Gasteiger partial charge in [-0.25, -0.2) is 9.97 Å². The van der Waals surface area contributed by atoms with Crippen molar-refractivity contribution in [2.75, 3.05) is 5.73 Å². The average Bonchev–Trinajstić information content (AvgIpc) is 3.09. The fourth-order valence-electron chi connectivity index (χ4n) is 3.83. The molecule has 164 valence electrons. The molecule has 0 fully saturated rings. The van der Waals surface area contributed by atoms with Gasteiger partial charge >= 0.3 is 0 Å². The van der Waals surface area contributed by atoms with E-state index in [0.717, 1.165) is 16.8 Å². The number of hydrogen-bond donors (Lipinski definition) is 2. The highest BCUT2D eigenvalue weighted by Gasteiger charge is 2.25. The van der Waals surface area contributed by atoms with Gasteiger partial charge in [0.1, 0.15) is 16.9 Å². The van der Waals surface area contributed by atoms with Crippen LogP contribution in [0.1, 0.15) is 21.5 Å². The fraction of sp³-hybridized carbons (Fsp3) is 0.0800. The number of anilines is 1. The summed E-state index contributed by atoms with van der Waals surface area (Å²) in [4.78, 5) is 22.9. The minimum Gasteiger partial charge on any atom is -0.384 e. The summed E-state index contributed by atoms with van der Waals surface area (Å²) < 4.78 is 1.74. The quantitative estimate of drug-likeness (QED) is 0.348. The number of para-hydroxylation sites is 2. The number of amides is 1. The molecule has 1 amide bonds. The molecule has 3 N–H and O–H groups in total. The van der Waals surface area contributed by atoms with E-state index in [9.17, 15) is 4.79 Å². The SMILES string of the molecule is Cc1ccc(Cl)cc1-n1c(N)c(C(=O)NCc2ccc(Cl)cc2)c2nc3ccccc3nc21. The molecule has 3 aromatic carbocycles. The number of fused-ring (bicyclic) bond motifs is 2. The van der Waals surface area contributed by atoms with Crippen molar-refractivity contribution >= 4 is 57.1 Å². The number of carbonyl (C=O) groups is 1. The van der Waals surface area contributed by atoms with Crippen LogP contribution in [-0.4, -0.2) is 20.4 Å². The van der Waals surface area contributed by atoms with Crippen LogP contribution in [-0.2, 0) is 6.54 Å². The van der Waals surface area contributed by atoms with E-state index >= 15 is 0 Å². The zero-order valence-corrected chi connectivity index (χ0v) is 19.2. The molecule has 0 bridgehead atoms. The first kappa shape index (κ1) is 21.2. The number of benzene rings is 3. The molecule has 0 saturated carbocycles. The fourth-order valence-corrected chi connectivity index (χ4v) is 4.12. The number of carbonyl (C=O) groups excluding carboxylic acids is 1. The first-order valence-corrected chi connectivity index (χ1v) is 11.0. The molecule has 0 aliphatic heterocycles. The van der Waals surface area contributed by atoms with Crippen LogP contribution in [0, 0.1) is 6.92 Å². The van der Waals surface area contributed by atoms with E-state index in [0.29, 0.717) is 38.8 Å². The number of halogens is 2. The zero-order valence-electron chi connectivity index (χ0n) is 17.6. The number of aryl methyl sites for hydroxylation is 1. The molecule has 5 rings (SSSR count). The molecule has 0 aliphatic rings. The van der Waals surface area contributed by atoms with Gasteiger partial charge in [-0.15, -0.1) is 0 Å². The molecule has 5 aromatic rings. The molecule has 2 aromatic heterocycles. The van der Waals surface area contributed by atoms with Gasteiger partial charge < -0.3 is 11.1 Å². The molecule has 0 unspecified atom stereocenters. The third-order valence-corrected chi connectivity index (χ3v) is 5.99. The third-order valence-electron chi connectivity index (χ3n) is 5.50. The maximum atomic E-state index is 13.3. The summed E-state index contributed by atoms with van der Waals surface area (Å²) in [6, 6.07) is 20.3. The van der Waals surface area contributed by atoms with Crippen LogP contribution in [0.4, 0.5) is 5.82 Å². The summed E-state index contributed by atoms with van der Waals surface area (Å²) in [6.45, 7) is 2.27. The van der Waals surface area contributed by atoms with E-state index in [1.165, 1.54) is 0 Å². The van der Waals surface area contributed by atoms with Crippen molar-refractivity contribution in [2.45, 2.75) is 13.5 Å². The standard InChI is InChI=1S/C25H19Cl2N5O/c1-14-6-9-17(27)12-20(14)32-23(28)21(25(33)29-13-15-7-10-16(26)11-8-15)22-24(32)31-19-5-3-2-4-18(19)30-22/h2-12H,13,28H2,1H3,(H,29,33). The number of hydrogen-bond acceptors (Lipinski definition) is 4. The molecule has 0 aliphatic carbocycles. The molecule has 0 spiro atoms. The van der Waals surface area contributed by atoms with E-state index in [1.807, 2.05) is 55.5 Å². The van der Waals surface area contributed by atoms with Crippen LogP contribution in [0.15, 0.2) is 66.7 Å². The largest absolute Gasteiger partial charge is 0.384 e. The summed E-state index contributed by atoms with van der Waals surface area (Å²) in [5.74, 6) is -0.0882. The summed E-state index contributed by atoms with van der Waals surface area (Å²) in [5.41, 5.74) is 11.8. The molecule has 8 heteroatoms. The topological polar surface area (TPSA) is 85.8 Å². The van der Waals surface area contributed by atoms with Gasteiger partial charge in [-0.05, 0) is 54.4 Å². The van der Waals surface area contributed by atoms with Crippen LogP contribution in [0.3, 0.4) is 0 Å². The second-order valence-corrected chi connectivity index (χ2v) is 8.59. The highest BCUT2D eigenvalue weighted by molar-refractivity contribution is 6.31. The lowest BCUT2D eigenvalue weighted by atomic mass is 10.2. The van der Waals surface area contributed by atoms with Gasteiger partial charge in [-0.2, -0.15) is 0 Å². The van der Waals surface area contributed by atoms with Crippen LogP contribution in [0.25, 0.3) is 27.9 Å². The number of nitrogens with two attached hydrogens (primary N) is 1. The second-order valence-electron chi connectivity index (χ2n) is 7.72. The van der Waals surface area contributed by atoms with Crippen molar-refractivity contribution in [2.24, 2.45) is 0 Å². The van der Waals surface area contributed by atoms with Gasteiger partial charge in [0, 0.05) is 16.6 Å². The monoisotopic (exact) mass is 475 g/mol. The second kappa shape index (κ2) is 8.39. The molecule has 0 atom stereocenters. The Morgan fingerprint density at radius 1 is 0.970 bits per heavy atom. The van der Waals surface area contributed by atoms with Crippen LogP contribution < -0.4 is 11.1 Å². The Bertz CT molecular complexity index is 1530. The zero-order chi connectivity index (χ0) is 23.1. The molecule has 0 saturated heterocycles. The van der Waals surface area contributed by atoms with Crippen molar-refractivity contribution < 1.29 is 4.79 Å². The van der Waals surface area contributed by atoms with Gasteiger partial charge in [0.15, 0.2) is 5.65 Å². The Morgan fingerprint density at radius 3 is 2.36 bits per heavy atom. The smallest absolute Gasteiger partial charge is 0.257 e. The van der Waals surface area contributed by atoms with E-state index in [-0.39, 0.29) is 17.3 Å². The number of nitrogen functional groups attached to an aromatic ring is 1. The molecular formula is C25H19Cl2N5O. The molecule has 0 radical (unpaired) electrons. The van der Waals surface area contributed by atoms with Gasteiger partial charge in [0.25, 0.3) is 5.91 Å². The molecule has 6 nitrogen and oxygen atoms in total. The summed E-state index contributed by atoms with van der Waals surface area (Å²) in [5, 5.41) is 4.13. The Balaban J connectivity index is 1.68. The predicted octanol–water partition coefficient (Wildman–Crippen LogP) is 5.70. The third kappa shape index (κ3) is 3.88. The normalized spacial score (nSPS) is 11.2. The predicted molar refractivity (Wildman–Crippen MR) is 133 cm³/mol. The Kier molecular flexibility index (Phi) is 5.40. The minimum absolute atomic E-state index is 0.249. The van der Waals surface area contributed by atoms with Crippen molar-refractivity contribution in [1.29, 1.82) is 0 Å². The van der Waals surface area contributed by atoms with Crippen molar-refractivity contribution in [3.63, 3.8) is 0 Å². The minimum atomic E-state index is -0.338. The number of nitrogens with one attached hydrogen (secondary N) is 1. The highest BCUT2D eigenvalue weighted by Crippen LogP contribution is 2.33. The maximum absolute atomic E-state index is 13.3. The van der Waals surface area contributed by atoms with Gasteiger partial charge in [-0.1, -0.05) is 53.5 Å². The van der Waals surface area contributed by atoms with Crippen molar-refractivity contribution in [3.05, 3.63) is 93.5 Å². The number of nitrogens with zero attached hydrogens (tertiary/aromatic N) is 3. The van der Waals surface area contributed by atoms with E-state index in [1.54, 1.807) is 22.8 Å². The molecular weight excluding hydrogens is 457 g/mol. The summed E-state index contributed by atoms with van der Waals surface area (Å²) in [7, 11) is 0. The maximum Gasteiger partial charge on any atom is 0.257 e. The van der Waals surface area contributed by atoms with Crippen molar-refractivity contribution in [3.8, 4) is 5.69 Å². The first-order chi connectivity index (χ1) is 15.9. The lowest BCUT2D eigenvalue weighted by molar-refractivity contribution is 0.0953. The van der Waals surface area contributed by atoms with Gasteiger partial charge in [0.05, 0.1) is 16.7 Å². The molecule has 33 heavy (non-hydrogen) atoms. The van der Waals surface area contributed by atoms with E-state index in [4.69, 9.17) is 38.9 Å².